The highest BCUT2D eigenvalue weighted by molar-refractivity contribution is 5.78. The van der Waals surface area contributed by atoms with Crippen LogP contribution >= 0.6 is 0 Å². The van der Waals surface area contributed by atoms with Gasteiger partial charge in [0.25, 0.3) is 0 Å². The number of hydrogen-bond donors (Lipinski definition) is 0. The maximum Gasteiger partial charge on any atom is 0.165 e. The molecule has 3 heteroatoms. The zero-order valence-corrected chi connectivity index (χ0v) is 10.6. The molecular formula is C14H19FO2. The zero-order chi connectivity index (χ0) is 12.8. The molecule has 0 saturated carbocycles. The number of ketones is 1. The predicted molar refractivity (Wildman–Crippen MR) is 65.8 cm³/mol. The van der Waals surface area contributed by atoms with Crippen LogP contribution in [0.1, 0.15) is 39.2 Å². The number of rotatable bonds is 6. The van der Waals surface area contributed by atoms with Crippen molar-refractivity contribution in [3.8, 4) is 5.75 Å². The molecule has 0 unspecified atom stereocenters. The molecule has 0 amide bonds. The molecule has 1 aromatic carbocycles. The predicted octanol–water partition coefficient (Wildman–Crippen LogP) is 3.52. The van der Waals surface area contributed by atoms with Gasteiger partial charge in [-0.2, -0.15) is 0 Å². The molecule has 0 N–H and O–H groups in total. The van der Waals surface area contributed by atoms with Gasteiger partial charge in [0.2, 0.25) is 0 Å². The Bertz CT molecular complexity index is 386. The topological polar surface area (TPSA) is 26.3 Å². The Morgan fingerprint density at radius 1 is 1.41 bits per heavy atom. The van der Waals surface area contributed by atoms with Crippen molar-refractivity contribution in [1.29, 1.82) is 0 Å². The molecule has 94 valence electrons. The van der Waals surface area contributed by atoms with Gasteiger partial charge in [-0.05, 0) is 38.0 Å². The van der Waals surface area contributed by atoms with Gasteiger partial charge in [-0.25, -0.2) is 4.39 Å². The highest BCUT2D eigenvalue weighted by Gasteiger charge is 2.07. The molecule has 1 rings (SSSR count). The first-order valence-corrected chi connectivity index (χ1v) is 5.99. The Morgan fingerprint density at radius 3 is 2.65 bits per heavy atom. The average Bonchev–Trinajstić information content (AvgIpc) is 2.28. The third-order valence-corrected chi connectivity index (χ3v) is 2.45. The number of carbonyl (C=O) groups excluding carboxylic acids is 1. The van der Waals surface area contributed by atoms with Crippen molar-refractivity contribution in [2.45, 2.75) is 46.1 Å². The van der Waals surface area contributed by atoms with E-state index in [0.29, 0.717) is 19.3 Å². The SMILES string of the molecule is CCC(=O)CCc1ccc(OC(C)C)c(F)c1. The molecule has 0 fully saturated rings. The number of carbonyl (C=O) groups is 1. The minimum Gasteiger partial charge on any atom is -0.488 e. The Kier molecular flexibility index (Phi) is 5.13. The van der Waals surface area contributed by atoms with E-state index >= 15 is 0 Å². The number of Topliss-reactive ketones (excluding diaryl/α,β-unsaturated/α-hetero) is 1. The fourth-order valence-corrected chi connectivity index (χ4v) is 1.51. The number of hydrogen-bond acceptors (Lipinski definition) is 2. The van der Waals surface area contributed by atoms with Gasteiger partial charge in [0.05, 0.1) is 6.10 Å². The summed E-state index contributed by atoms with van der Waals surface area (Å²) in [6.45, 7) is 5.54. The molecular weight excluding hydrogens is 219 g/mol. The maximum absolute atomic E-state index is 13.6. The third-order valence-electron chi connectivity index (χ3n) is 2.45. The number of ether oxygens (including phenoxy) is 1. The van der Waals surface area contributed by atoms with Crippen LogP contribution in [0, 0.1) is 5.82 Å². The van der Waals surface area contributed by atoms with E-state index < -0.39 is 0 Å². The smallest absolute Gasteiger partial charge is 0.165 e. The van der Waals surface area contributed by atoms with Gasteiger partial charge in [0.1, 0.15) is 5.78 Å². The lowest BCUT2D eigenvalue weighted by atomic mass is 10.1. The molecule has 0 bridgehead atoms. The van der Waals surface area contributed by atoms with Gasteiger partial charge < -0.3 is 4.74 Å². The van der Waals surface area contributed by atoms with Crippen molar-refractivity contribution < 1.29 is 13.9 Å². The van der Waals surface area contributed by atoms with E-state index in [0.717, 1.165) is 5.56 Å². The quantitative estimate of drug-likeness (QED) is 0.758. The van der Waals surface area contributed by atoms with E-state index in [-0.39, 0.29) is 23.5 Å². The van der Waals surface area contributed by atoms with Crippen LogP contribution in [0.3, 0.4) is 0 Å². The molecule has 0 aliphatic carbocycles. The number of halogens is 1. The molecule has 1 aromatic rings. The van der Waals surface area contributed by atoms with Gasteiger partial charge in [0, 0.05) is 12.8 Å². The second kappa shape index (κ2) is 6.38. The van der Waals surface area contributed by atoms with Crippen molar-refractivity contribution in [1.82, 2.24) is 0 Å². The van der Waals surface area contributed by atoms with Crippen LogP contribution in [-0.4, -0.2) is 11.9 Å². The Balaban J connectivity index is 2.65. The van der Waals surface area contributed by atoms with Gasteiger partial charge >= 0.3 is 0 Å². The standard InChI is InChI=1S/C14H19FO2/c1-4-12(16)7-5-11-6-8-14(13(15)9-11)17-10(2)3/h6,8-10H,4-5,7H2,1-3H3. The van der Waals surface area contributed by atoms with E-state index in [4.69, 9.17) is 4.74 Å². The lowest BCUT2D eigenvalue weighted by molar-refractivity contribution is -0.118. The zero-order valence-electron chi connectivity index (χ0n) is 10.6. The molecule has 0 aromatic heterocycles. The van der Waals surface area contributed by atoms with Crippen molar-refractivity contribution >= 4 is 5.78 Å². The summed E-state index contributed by atoms with van der Waals surface area (Å²) < 4.78 is 18.9. The first kappa shape index (κ1) is 13.7. The molecule has 0 saturated heterocycles. The number of benzene rings is 1. The highest BCUT2D eigenvalue weighted by Crippen LogP contribution is 2.20. The first-order chi connectivity index (χ1) is 8.02. The normalized spacial score (nSPS) is 10.6. The lowest BCUT2D eigenvalue weighted by Gasteiger charge is -2.11. The summed E-state index contributed by atoms with van der Waals surface area (Å²) in [5, 5.41) is 0. The van der Waals surface area contributed by atoms with Crippen molar-refractivity contribution in [3.05, 3.63) is 29.6 Å². The maximum atomic E-state index is 13.6. The van der Waals surface area contributed by atoms with Crippen LogP contribution in [0.15, 0.2) is 18.2 Å². The van der Waals surface area contributed by atoms with E-state index in [9.17, 15) is 9.18 Å². The minimum atomic E-state index is -0.361. The fraction of sp³-hybridized carbons (Fsp3) is 0.500. The second-order valence-electron chi connectivity index (χ2n) is 4.32. The summed E-state index contributed by atoms with van der Waals surface area (Å²) in [5.41, 5.74) is 0.834. The fourth-order valence-electron chi connectivity index (χ4n) is 1.51. The molecule has 0 heterocycles. The third kappa shape index (κ3) is 4.55. The molecule has 0 atom stereocenters. The summed E-state index contributed by atoms with van der Waals surface area (Å²) >= 11 is 0. The van der Waals surface area contributed by atoms with Crippen molar-refractivity contribution in [2.75, 3.05) is 0 Å². The van der Waals surface area contributed by atoms with E-state index in [2.05, 4.69) is 0 Å². The van der Waals surface area contributed by atoms with Crippen LogP contribution in [0.25, 0.3) is 0 Å². The average molecular weight is 238 g/mol. The van der Waals surface area contributed by atoms with Gasteiger partial charge in [-0.3, -0.25) is 4.79 Å². The van der Waals surface area contributed by atoms with Crippen LogP contribution in [0.5, 0.6) is 5.75 Å². The van der Waals surface area contributed by atoms with Crippen molar-refractivity contribution in [2.24, 2.45) is 0 Å². The molecule has 0 radical (unpaired) electrons. The summed E-state index contributed by atoms with van der Waals surface area (Å²) in [6.07, 6.45) is 1.56. The molecule has 17 heavy (non-hydrogen) atoms. The molecule has 2 nitrogen and oxygen atoms in total. The van der Waals surface area contributed by atoms with Gasteiger partial charge in [0.15, 0.2) is 11.6 Å². The van der Waals surface area contributed by atoms with Gasteiger partial charge in [-0.1, -0.05) is 13.0 Å². The number of aryl methyl sites for hydroxylation is 1. The lowest BCUT2D eigenvalue weighted by Crippen LogP contribution is -2.07. The summed E-state index contributed by atoms with van der Waals surface area (Å²) in [4.78, 5) is 11.2. The second-order valence-corrected chi connectivity index (χ2v) is 4.32. The molecule has 0 aliphatic rings. The largest absolute Gasteiger partial charge is 0.488 e. The summed E-state index contributed by atoms with van der Waals surface area (Å²) in [6, 6.07) is 4.88. The van der Waals surface area contributed by atoms with Gasteiger partial charge in [-0.15, -0.1) is 0 Å². The van der Waals surface area contributed by atoms with E-state index in [1.54, 1.807) is 6.07 Å². The highest BCUT2D eigenvalue weighted by atomic mass is 19.1. The van der Waals surface area contributed by atoms with Crippen molar-refractivity contribution in [3.63, 3.8) is 0 Å². The molecule has 0 spiro atoms. The van der Waals surface area contributed by atoms with Crippen LogP contribution in [0.2, 0.25) is 0 Å². The summed E-state index contributed by atoms with van der Waals surface area (Å²) in [7, 11) is 0. The van der Waals surface area contributed by atoms with Crippen LogP contribution in [-0.2, 0) is 11.2 Å². The minimum absolute atomic E-state index is 0.0444. The van der Waals surface area contributed by atoms with Crippen LogP contribution < -0.4 is 4.74 Å². The Morgan fingerprint density at radius 2 is 2.12 bits per heavy atom. The van der Waals surface area contributed by atoms with E-state index in [1.807, 2.05) is 26.8 Å². The Hall–Kier alpha value is -1.38. The summed E-state index contributed by atoms with van der Waals surface area (Å²) in [5.74, 6) is 0.110. The van der Waals surface area contributed by atoms with Crippen LogP contribution in [0.4, 0.5) is 4.39 Å². The molecule has 0 aliphatic heterocycles. The first-order valence-electron chi connectivity index (χ1n) is 5.99. The van der Waals surface area contributed by atoms with E-state index in [1.165, 1.54) is 6.07 Å². The monoisotopic (exact) mass is 238 g/mol. The Labute approximate surface area is 102 Å².